The fourth-order valence-corrected chi connectivity index (χ4v) is 8.97. The fraction of sp³-hybridized carbons (Fsp3) is 0.273. The highest BCUT2D eigenvalue weighted by molar-refractivity contribution is 6.16. The maximum Gasteiger partial charge on any atom is 0.169 e. The molecular formula is C44H42O6. The minimum absolute atomic E-state index is 0.111. The fourth-order valence-electron chi connectivity index (χ4n) is 8.97. The molecule has 0 amide bonds. The van der Waals surface area contributed by atoms with Crippen LogP contribution in [0.15, 0.2) is 84.9 Å². The lowest BCUT2D eigenvalue weighted by atomic mass is 9.73. The molecule has 6 aromatic carbocycles. The minimum atomic E-state index is 0.111. The number of ether oxygens (including phenoxy) is 6. The third kappa shape index (κ3) is 4.61. The summed E-state index contributed by atoms with van der Waals surface area (Å²) in [5, 5.41) is 4.38. The molecule has 0 aromatic heterocycles. The van der Waals surface area contributed by atoms with Crippen LogP contribution in [0.4, 0.5) is 0 Å². The average Bonchev–Trinajstić information content (AvgIpc) is 3.18. The van der Waals surface area contributed by atoms with E-state index < -0.39 is 0 Å². The second kappa shape index (κ2) is 12.8. The van der Waals surface area contributed by atoms with E-state index in [1.165, 1.54) is 22.3 Å². The lowest BCUT2D eigenvalue weighted by molar-refractivity contribution is 0.347. The smallest absolute Gasteiger partial charge is 0.169 e. The van der Waals surface area contributed by atoms with Crippen LogP contribution in [0.25, 0.3) is 32.7 Å². The van der Waals surface area contributed by atoms with Crippen LogP contribution in [-0.4, -0.2) is 42.7 Å². The van der Waals surface area contributed by atoms with Gasteiger partial charge in [-0.2, -0.15) is 0 Å². The Bertz CT molecular complexity index is 2080. The van der Waals surface area contributed by atoms with Gasteiger partial charge >= 0.3 is 0 Å². The number of hydrogen-bond acceptors (Lipinski definition) is 6. The third-order valence-electron chi connectivity index (χ3n) is 10.9. The van der Waals surface area contributed by atoms with E-state index in [-0.39, 0.29) is 11.8 Å². The summed E-state index contributed by atoms with van der Waals surface area (Å²) >= 11 is 0. The molecule has 254 valence electrons. The van der Waals surface area contributed by atoms with E-state index in [1.807, 2.05) is 0 Å². The SMILES string of the molecule is COc1ccc2c(-c3c(OC)c(OC)c4c5c(c(OC)ccc35)CCC4c3ccccc3)c(OC)c(OC)c3c2c1CCC3c1ccccc1. The first-order chi connectivity index (χ1) is 24.6. The summed E-state index contributed by atoms with van der Waals surface area (Å²) in [6.07, 6.45) is 3.57. The summed E-state index contributed by atoms with van der Waals surface area (Å²) in [7, 11) is 10.4. The molecule has 6 nitrogen and oxygen atoms in total. The Labute approximate surface area is 293 Å². The first-order valence-electron chi connectivity index (χ1n) is 17.2. The molecule has 0 spiro atoms. The Morgan fingerprint density at radius 2 is 0.800 bits per heavy atom. The highest BCUT2D eigenvalue weighted by Crippen LogP contribution is 2.61. The van der Waals surface area contributed by atoms with Crippen LogP contribution >= 0.6 is 0 Å². The van der Waals surface area contributed by atoms with Gasteiger partial charge in [-0.3, -0.25) is 0 Å². The summed E-state index contributed by atoms with van der Waals surface area (Å²) in [6, 6.07) is 29.9. The second-order valence-electron chi connectivity index (χ2n) is 13.1. The van der Waals surface area contributed by atoms with Gasteiger partial charge in [0.15, 0.2) is 23.0 Å². The molecule has 2 atom stereocenters. The summed E-state index contributed by atoms with van der Waals surface area (Å²) in [5.41, 5.74) is 8.89. The van der Waals surface area contributed by atoms with E-state index in [0.29, 0.717) is 11.5 Å². The number of benzene rings is 6. The minimum Gasteiger partial charge on any atom is -0.496 e. The van der Waals surface area contributed by atoms with Crippen molar-refractivity contribution in [1.82, 2.24) is 0 Å². The van der Waals surface area contributed by atoms with Crippen molar-refractivity contribution in [2.24, 2.45) is 0 Å². The lowest BCUT2D eigenvalue weighted by Crippen LogP contribution is -2.15. The van der Waals surface area contributed by atoms with Crippen molar-refractivity contribution in [2.45, 2.75) is 37.5 Å². The van der Waals surface area contributed by atoms with Gasteiger partial charge < -0.3 is 28.4 Å². The maximum absolute atomic E-state index is 6.46. The predicted octanol–water partition coefficient (Wildman–Crippen LogP) is 9.87. The van der Waals surface area contributed by atoms with Gasteiger partial charge in [-0.1, -0.05) is 60.7 Å². The summed E-state index contributed by atoms with van der Waals surface area (Å²) in [5.74, 6) is 4.74. The van der Waals surface area contributed by atoms with Crippen molar-refractivity contribution in [3.8, 4) is 45.6 Å². The van der Waals surface area contributed by atoms with Crippen LogP contribution < -0.4 is 28.4 Å². The van der Waals surface area contributed by atoms with Gasteiger partial charge in [0.2, 0.25) is 0 Å². The number of rotatable bonds is 9. The molecule has 6 heteroatoms. The molecule has 0 saturated carbocycles. The molecule has 0 bridgehead atoms. The molecule has 0 radical (unpaired) electrons. The Morgan fingerprint density at radius 1 is 0.420 bits per heavy atom. The van der Waals surface area contributed by atoms with Crippen LogP contribution in [0, 0.1) is 0 Å². The second-order valence-corrected chi connectivity index (χ2v) is 13.1. The Kier molecular flexibility index (Phi) is 8.18. The molecule has 0 saturated heterocycles. The quantitative estimate of drug-likeness (QED) is 0.153. The Balaban J connectivity index is 1.56. The van der Waals surface area contributed by atoms with E-state index in [4.69, 9.17) is 28.4 Å². The molecule has 6 aromatic rings. The first kappa shape index (κ1) is 31.9. The zero-order chi connectivity index (χ0) is 34.5. The highest BCUT2D eigenvalue weighted by Gasteiger charge is 2.38. The Hall–Kier alpha value is -5.36. The van der Waals surface area contributed by atoms with Crippen molar-refractivity contribution in [3.63, 3.8) is 0 Å². The van der Waals surface area contributed by atoms with Crippen molar-refractivity contribution < 1.29 is 28.4 Å². The number of hydrogen-bond donors (Lipinski definition) is 0. The maximum atomic E-state index is 6.46. The van der Waals surface area contributed by atoms with Gasteiger partial charge in [0.25, 0.3) is 0 Å². The standard InChI is InChI=1S/C44H42O6/c1-45-33-23-21-31-35-29(33)19-17-27(25-13-9-7-10-14-25)37(35)41(47-3)43(49-5)39(31)40-32-22-24-34(46-2)30-20-18-28(26-15-11-8-12-16-26)38(36(30)32)42(48-4)44(40)50-6/h7-16,21-24,27-28H,17-20H2,1-6H3. The molecular weight excluding hydrogens is 624 g/mol. The molecule has 0 fully saturated rings. The summed E-state index contributed by atoms with van der Waals surface area (Å²) in [4.78, 5) is 0. The zero-order valence-corrected chi connectivity index (χ0v) is 29.5. The van der Waals surface area contributed by atoms with E-state index in [1.54, 1.807) is 42.7 Å². The number of methoxy groups -OCH3 is 6. The van der Waals surface area contributed by atoms with Gasteiger partial charge in [0, 0.05) is 45.2 Å². The largest absolute Gasteiger partial charge is 0.496 e. The van der Waals surface area contributed by atoms with Crippen LogP contribution in [0.3, 0.4) is 0 Å². The highest BCUT2D eigenvalue weighted by atomic mass is 16.5. The predicted molar refractivity (Wildman–Crippen MR) is 199 cm³/mol. The molecule has 0 heterocycles. The molecule has 0 N–H and O–H groups in total. The van der Waals surface area contributed by atoms with Crippen molar-refractivity contribution in [1.29, 1.82) is 0 Å². The molecule has 2 aliphatic rings. The summed E-state index contributed by atoms with van der Waals surface area (Å²) in [6.45, 7) is 0. The van der Waals surface area contributed by atoms with Gasteiger partial charge in [-0.05, 0) is 82.6 Å². The first-order valence-corrected chi connectivity index (χ1v) is 17.2. The molecule has 0 aliphatic heterocycles. The van der Waals surface area contributed by atoms with Crippen LogP contribution in [-0.2, 0) is 12.8 Å². The topological polar surface area (TPSA) is 55.4 Å². The van der Waals surface area contributed by atoms with Gasteiger partial charge in [-0.25, -0.2) is 0 Å². The molecule has 2 aliphatic carbocycles. The normalized spacial score (nSPS) is 16.3. The van der Waals surface area contributed by atoms with Crippen LogP contribution in [0.1, 0.15) is 58.1 Å². The van der Waals surface area contributed by atoms with E-state index >= 15 is 0 Å². The van der Waals surface area contributed by atoms with E-state index in [0.717, 1.165) is 92.5 Å². The van der Waals surface area contributed by atoms with E-state index in [9.17, 15) is 0 Å². The number of aryl methyl sites for hydroxylation is 2. The molecule has 50 heavy (non-hydrogen) atoms. The zero-order valence-electron chi connectivity index (χ0n) is 29.5. The monoisotopic (exact) mass is 666 g/mol. The van der Waals surface area contributed by atoms with Crippen molar-refractivity contribution >= 4 is 21.5 Å². The van der Waals surface area contributed by atoms with Gasteiger partial charge in [0.05, 0.1) is 42.7 Å². The van der Waals surface area contributed by atoms with E-state index in [2.05, 4.69) is 84.9 Å². The van der Waals surface area contributed by atoms with Gasteiger partial charge in [0.1, 0.15) is 11.5 Å². The summed E-state index contributed by atoms with van der Waals surface area (Å²) < 4.78 is 37.8. The van der Waals surface area contributed by atoms with Crippen molar-refractivity contribution in [3.05, 3.63) is 118 Å². The molecule has 8 rings (SSSR count). The Morgan fingerprint density at radius 3 is 1.14 bits per heavy atom. The average molecular weight is 667 g/mol. The van der Waals surface area contributed by atoms with Gasteiger partial charge in [-0.15, -0.1) is 0 Å². The van der Waals surface area contributed by atoms with Crippen LogP contribution in [0.5, 0.6) is 34.5 Å². The lowest BCUT2D eigenvalue weighted by Gasteiger charge is -2.34. The third-order valence-corrected chi connectivity index (χ3v) is 10.9. The molecule has 2 unspecified atom stereocenters. The van der Waals surface area contributed by atoms with Crippen molar-refractivity contribution in [2.75, 3.05) is 42.7 Å². The van der Waals surface area contributed by atoms with Crippen LogP contribution in [0.2, 0.25) is 0 Å².